The number of piperidine rings is 1. The van der Waals surface area contributed by atoms with E-state index in [1.807, 2.05) is 6.07 Å². The Kier molecular flexibility index (Phi) is 5.56. The first-order valence-electron chi connectivity index (χ1n) is 6.99. The second-order valence-electron chi connectivity index (χ2n) is 5.08. The molecule has 3 rings (SSSR count). The molecule has 0 spiro atoms. The standard InChI is InChI=1S/C15H19N3O.ClH/c1-2-5-12(6-3-1)8-9-14-17-15(19-18-14)13-7-4-10-16-11-13;/h1-3,5-6,13,16H,4,7-11H2;1H. The third-order valence-corrected chi connectivity index (χ3v) is 3.61. The first kappa shape index (κ1) is 15.0. The fraction of sp³-hybridized carbons (Fsp3) is 0.467. The van der Waals surface area contributed by atoms with Gasteiger partial charge in [0, 0.05) is 13.0 Å². The van der Waals surface area contributed by atoms with Crippen molar-refractivity contribution in [1.29, 1.82) is 0 Å². The van der Waals surface area contributed by atoms with Crippen LogP contribution in [0.25, 0.3) is 0 Å². The molecule has 0 saturated carbocycles. The van der Waals surface area contributed by atoms with Crippen molar-refractivity contribution in [2.45, 2.75) is 31.6 Å². The summed E-state index contributed by atoms with van der Waals surface area (Å²) in [6.45, 7) is 2.06. The average molecular weight is 294 g/mol. The van der Waals surface area contributed by atoms with E-state index in [-0.39, 0.29) is 12.4 Å². The van der Waals surface area contributed by atoms with Gasteiger partial charge in [0.2, 0.25) is 5.89 Å². The molecule has 0 radical (unpaired) electrons. The van der Waals surface area contributed by atoms with Crippen LogP contribution in [-0.2, 0) is 12.8 Å². The zero-order valence-electron chi connectivity index (χ0n) is 11.4. The Morgan fingerprint density at radius 2 is 2.05 bits per heavy atom. The van der Waals surface area contributed by atoms with Gasteiger partial charge in [-0.3, -0.25) is 0 Å². The van der Waals surface area contributed by atoms with Crippen molar-refractivity contribution < 1.29 is 4.52 Å². The van der Waals surface area contributed by atoms with Gasteiger partial charge < -0.3 is 9.84 Å². The van der Waals surface area contributed by atoms with Crippen molar-refractivity contribution in [3.05, 3.63) is 47.6 Å². The lowest BCUT2D eigenvalue weighted by molar-refractivity contribution is 0.320. The zero-order valence-corrected chi connectivity index (χ0v) is 12.2. The lowest BCUT2D eigenvalue weighted by Gasteiger charge is -2.18. The van der Waals surface area contributed by atoms with Crippen LogP contribution in [-0.4, -0.2) is 23.2 Å². The number of benzene rings is 1. The summed E-state index contributed by atoms with van der Waals surface area (Å²) in [5.74, 6) is 2.02. The van der Waals surface area contributed by atoms with E-state index < -0.39 is 0 Å². The number of rotatable bonds is 4. The minimum Gasteiger partial charge on any atom is -0.339 e. The number of halogens is 1. The molecule has 2 aromatic rings. The topological polar surface area (TPSA) is 51.0 Å². The molecule has 1 aromatic heterocycles. The van der Waals surface area contributed by atoms with E-state index in [0.29, 0.717) is 5.92 Å². The molecule has 4 nitrogen and oxygen atoms in total. The Labute approximate surface area is 125 Å². The lowest BCUT2D eigenvalue weighted by Crippen LogP contribution is -2.28. The van der Waals surface area contributed by atoms with Crippen molar-refractivity contribution in [2.75, 3.05) is 13.1 Å². The van der Waals surface area contributed by atoms with Crippen LogP contribution in [0.2, 0.25) is 0 Å². The maximum absolute atomic E-state index is 5.39. The molecule has 1 aliphatic heterocycles. The van der Waals surface area contributed by atoms with Gasteiger partial charge >= 0.3 is 0 Å². The van der Waals surface area contributed by atoms with E-state index in [1.165, 1.54) is 12.0 Å². The zero-order chi connectivity index (χ0) is 12.9. The maximum atomic E-state index is 5.39. The Hall–Kier alpha value is -1.39. The van der Waals surface area contributed by atoms with Gasteiger partial charge in [-0.2, -0.15) is 4.98 Å². The lowest BCUT2D eigenvalue weighted by atomic mass is 10.00. The van der Waals surface area contributed by atoms with Crippen LogP contribution in [0.4, 0.5) is 0 Å². The quantitative estimate of drug-likeness (QED) is 0.942. The molecule has 0 bridgehead atoms. The van der Waals surface area contributed by atoms with Crippen molar-refractivity contribution >= 4 is 12.4 Å². The Balaban J connectivity index is 0.00000147. The van der Waals surface area contributed by atoms with Gasteiger partial charge in [-0.1, -0.05) is 35.5 Å². The summed E-state index contributed by atoms with van der Waals surface area (Å²) < 4.78 is 5.39. The van der Waals surface area contributed by atoms with Gasteiger partial charge in [-0.05, 0) is 31.4 Å². The summed E-state index contributed by atoms with van der Waals surface area (Å²) >= 11 is 0. The molecule has 1 unspecified atom stereocenters. The third-order valence-electron chi connectivity index (χ3n) is 3.61. The highest BCUT2D eigenvalue weighted by Gasteiger charge is 2.21. The van der Waals surface area contributed by atoms with E-state index in [9.17, 15) is 0 Å². The smallest absolute Gasteiger partial charge is 0.231 e. The fourth-order valence-electron chi connectivity index (χ4n) is 2.50. The maximum Gasteiger partial charge on any atom is 0.231 e. The molecular weight excluding hydrogens is 274 g/mol. The number of hydrogen-bond acceptors (Lipinski definition) is 4. The highest BCUT2D eigenvalue weighted by atomic mass is 35.5. The van der Waals surface area contributed by atoms with Crippen molar-refractivity contribution in [1.82, 2.24) is 15.5 Å². The number of nitrogens with one attached hydrogen (secondary N) is 1. The van der Waals surface area contributed by atoms with E-state index in [0.717, 1.165) is 44.1 Å². The molecule has 0 aliphatic carbocycles. The van der Waals surface area contributed by atoms with E-state index in [2.05, 4.69) is 39.7 Å². The Morgan fingerprint density at radius 3 is 2.80 bits per heavy atom. The first-order valence-corrected chi connectivity index (χ1v) is 6.99. The molecule has 108 valence electrons. The largest absolute Gasteiger partial charge is 0.339 e. The van der Waals surface area contributed by atoms with E-state index in [1.54, 1.807) is 0 Å². The van der Waals surface area contributed by atoms with Crippen LogP contribution in [0.15, 0.2) is 34.9 Å². The molecule has 1 saturated heterocycles. The summed E-state index contributed by atoms with van der Waals surface area (Å²) in [6, 6.07) is 10.4. The monoisotopic (exact) mass is 293 g/mol. The van der Waals surface area contributed by atoms with Crippen molar-refractivity contribution in [3.63, 3.8) is 0 Å². The predicted molar refractivity (Wildman–Crippen MR) is 80.2 cm³/mol. The number of aryl methyl sites for hydroxylation is 2. The Morgan fingerprint density at radius 1 is 1.20 bits per heavy atom. The molecule has 1 atom stereocenters. The number of nitrogens with zero attached hydrogens (tertiary/aromatic N) is 2. The van der Waals surface area contributed by atoms with Gasteiger partial charge in [0.05, 0.1) is 5.92 Å². The van der Waals surface area contributed by atoms with Gasteiger partial charge in [0.1, 0.15) is 0 Å². The number of aromatic nitrogens is 2. The van der Waals surface area contributed by atoms with Gasteiger partial charge in [-0.15, -0.1) is 12.4 Å². The molecule has 1 fully saturated rings. The average Bonchev–Trinajstić information content (AvgIpc) is 2.96. The number of hydrogen-bond donors (Lipinski definition) is 1. The SMILES string of the molecule is Cl.c1ccc(CCc2noc(C3CCCNC3)n2)cc1. The van der Waals surface area contributed by atoms with Crippen LogP contribution in [0.5, 0.6) is 0 Å². The normalized spacial score (nSPS) is 18.5. The molecular formula is C15H20ClN3O. The molecule has 5 heteroatoms. The first-order chi connectivity index (χ1) is 9.42. The second-order valence-corrected chi connectivity index (χ2v) is 5.08. The Bertz CT molecular complexity index is 509. The molecule has 1 aliphatic rings. The molecule has 1 N–H and O–H groups in total. The van der Waals surface area contributed by atoms with E-state index >= 15 is 0 Å². The van der Waals surface area contributed by atoms with Gasteiger partial charge in [-0.25, -0.2) is 0 Å². The van der Waals surface area contributed by atoms with Gasteiger partial charge in [0.25, 0.3) is 0 Å². The van der Waals surface area contributed by atoms with Crippen LogP contribution in [0.1, 0.15) is 36.0 Å². The molecule has 20 heavy (non-hydrogen) atoms. The van der Waals surface area contributed by atoms with Crippen LogP contribution < -0.4 is 5.32 Å². The van der Waals surface area contributed by atoms with E-state index in [4.69, 9.17) is 4.52 Å². The summed E-state index contributed by atoms with van der Waals surface area (Å²) in [7, 11) is 0. The minimum atomic E-state index is 0. The van der Waals surface area contributed by atoms with Crippen LogP contribution in [0.3, 0.4) is 0 Å². The summed E-state index contributed by atoms with van der Waals surface area (Å²) in [5, 5.41) is 7.47. The fourth-order valence-corrected chi connectivity index (χ4v) is 2.50. The highest BCUT2D eigenvalue weighted by molar-refractivity contribution is 5.85. The molecule has 2 heterocycles. The van der Waals surface area contributed by atoms with Gasteiger partial charge in [0.15, 0.2) is 5.82 Å². The summed E-state index contributed by atoms with van der Waals surface area (Å²) in [5.41, 5.74) is 1.31. The third kappa shape index (κ3) is 3.81. The summed E-state index contributed by atoms with van der Waals surface area (Å²) in [6.07, 6.45) is 4.14. The molecule has 1 aromatic carbocycles. The predicted octanol–water partition coefficient (Wildman–Crippen LogP) is 2.74. The molecule has 0 amide bonds. The van der Waals surface area contributed by atoms with Crippen LogP contribution >= 0.6 is 12.4 Å². The minimum absolute atomic E-state index is 0. The highest BCUT2D eigenvalue weighted by Crippen LogP contribution is 2.21. The van der Waals surface area contributed by atoms with Crippen molar-refractivity contribution in [2.24, 2.45) is 0 Å². The second kappa shape index (κ2) is 7.41. The van der Waals surface area contributed by atoms with Crippen molar-refractivity contribution in [3.8, 4) is 0 Å². The van der Waals surface area contributed by atoms with Crippen LogP contribution in [0, 0.1) is 0 Å². The summed E-state index contributed by atoms with van der Waals surface area (Å²) in [4.78, 5) is 4.53.